The number of carbonyl (C=O) groups is 3. The van der Waals surface area contributed by atoms with Crippen LogP contribution in [0.1, 0.15) is 18.4 Å². The molecule has 0 saturated heterocycles. The highest BCUT2D eigenvalue weighted by Crippen LogP contribution is 2.82. The molecule has 5 rings (SSSR count). The van der Waals surface area contributed by atoms with Crippen LogP contribution < -0.4 is 5.32 Å². The summed E-state index contributed by atoms with van der Waals surface area (Å²) in [5.41, 5.74) is -1.03. The molecule has 1 N–H and O–H groups in total. The van der Waals surface area contributed by atoms with E-state index in [9.17, 15) is 14.4 Å². The molecule has 1 aromatic rings. The number of hydrogen-bond donors (Lipinski definition) is 1. The van der Waals surface area contributed by atoms with Crippen molar-refractivity contribution in [3.8, 4) is 0 Å². The van der Waals surface area contributed by atoms with Gasteiger partial charge in [-0.05, 0) is 30.2 Å². The van der Waals surface area contributed by atoms with Crippen molar-refractivity contribution in [2.45, 2.75) is 25.0 Å². The van der Waals surface area contributed by atoms with Gasteiger partial charge < -0.3 is 19.5 Å². The summed E-state index contributed by atoms with van der Waals surface area (Å²) in [6.07, 6.45) is 0.550. The fourth-order valence-corrected chi connectivity index (χ4v) is 5.44. The SMILES string of the molecule is COC(=O)[C@]12C[C@H]3C[C@@H]1[C@H]2[C@@]3(NC(=O)OCc1ccccc1)C(=O)OC. The topological polar surface area (TPSA) is 90.9 Å². The Labute approximate surface area is 151 Å². The summed E-state index contributed by atoms with van der Waals surface area (Å²) < 4.78 is 15.2. The minimum atomic E-state index is -1.21. The van der Waals surface area contributed by atoms with Crippen LogP contribution in [0.4, 0.5) is 4.79 Å². The molecule has 1 aromatic carbocycles. The fourth-order valence-electron chi connectivity index (χ4n) is 5.44. The Morgan fingerprint density at radius 1 is 1.12 bits per heavy atom. The molecule has 0 unspecified atom stereocenters. The minimum absolute atomic E-state index is 0.0495. The first-order valence-corrected chi connectivity index (χ1v) is 8.66. The Bertz CT molecular complexity index is 765. The second-order valence-corrected chi connectivity index (χ2v) is 7.30. The van der Waals surface area contributed by atoms with Gasteiger partial charge in [0, 0.05) is 5.92 Å². The molecule has 5 atom stereocenters. The van der Waals surface area contributed by atoms with E-state index in [4.69, 9.17) is 14.2 Å². The monoisotopic (exact) mass is 359 g/mol. The van der Waals surface area contributed by atoms with Crippen LogP contribution in [0.5, 0.6) is 0 Å². The van der Waals surface area contributed by atoms with E-state index in [0.717, 1.165) is 5.56 Å². The molecule has 138 valence electrons. The number of amides is 1. The van der Waals surface area contributed by atoms with Crippen molar-refractivity contribution < 1.29 is 28.6 Å². The third-order valence-electron chi connectivity index (χ3n) is 6.38. The lowest BCUT2D eigenvalue weighted by molar-refractivity contribution is -0.151. The van der Waals surface area contributed by atoms with E-state index in [0.29, 0.717) is 12.8 Å². The second kappa shape index (κ2) is 5.72. The summed E-state index contributed by atoms with van der Waals surface area (Å²) in [6.45, 7) is 0.102. The van der Waals surface area contributed by atoms with Gasteiger partial charge in [0.05, 0.1) is 19.6 Å². The van der Waals surface area contributed by atoms with Gasteiger partial charge >= 0.3 is 18.0 Å². The zero-order valence-electron chi connectivity index (χ0n) is 14.7. The Morgan fingerprint density at radius 2 is 1.81 bits per heavy atom. The number of methoxy groups -OCH3 is 2. The predicted octanol–water partition coefficient (Wildman–Crippen LogP) is 1.65. The van der Waals surface area contributed by atoms with Gasteiger partial charge in [-0.1, -0.05) is 30.3 Å². The molecule has 4 saturated carbocycles. The van der Waals surface area contributed by atoms with Gasteiger partial charge in [0.25, 0.3) is 0 Å². The van der Waals surface area contributed by atoms with Gasteiger partial charge in [0.15, 0.2) is 0 Å². The molecule has 0 aromatic heterocycles. The highest BCUT2D eigenvalue weighted by Gasteiger charge is 2.90. The van der Waals surface area contributed by atoms with Gasteiger partial charge in [0.1, 0.15) is 12.1 Å². The quantitative estimate of drug-likeness (QED) is 0.635. The predicted molar refractivity (Wildman–Crippen MR) is 88.7 cm³/mol. The number of alkyl carbamates (subject to hydrolysis) is 1. The molecule has 7 nitrogen and oxygen atoms in total. The van der Waals surface area contributed by atoms with Crippen molar-refractivity contribution in [2.75, 3.05) is 14.2 Å². The van der Waals surface area contributed by atoms with Gasteiger partial charge in [-0.3, -0.25) is 4.79 Å². The molecule has 0 aliphatic heterocycles. The fraction of sp³-hybridized carbons (Fsp3) is 0.526. The molecule has 7 heteroatoms. The maximum absolute atomic E-state index is 12.6. The number of rotatable bonds is 5. The van der Waals surface area contributed by atoms with E-state index in [2.05, 4.69) is 5.32 Å². The van der Waals surface area contributed by atoms with Crippen LogP contribution in [0.3, 0.4) is 0 Å². The maximum Gasteiger partial charge on any atom is 0.408 e. The molecule has 26 heavy (non-hydrogen) atoms. The molecule has 4 bridgehead atoms. The summed E-state index contributed by atoms with van der Waals surface area (Å²) in [6, 6.07) is 9.28. The summed E-state index contributed by atoms with van der Waals surface area (Å²) in [7, 11) is 2.64. The Kier molecular flexibility index (Phi) is 3.71. The zero-order valence-corrected chi connectivity index (χ0v) is 14.7. The highest BCUT2D eigenvalue weighted by molar-refractivity contribution is 5.94. The van der Waals surface area contributed by atoms with Gasteiger partial charge in [0.2, 0.25) is 0 Å². The van der Waals surface area contributed by atoms with E-state index in [-0.39, 0.29) is 30.3 Å². The third-order valence-corrected chi connectivity index (χ3v) is 6.38. The van der Waals surface area contributed by atoms with Crippen molar-refractivity contribution in [2.24, 2.45) is 23.2 Å². The van der Waals surface area contributed by atoms with Crippen LogP contribution in [0, 0.1) is 23.2 Å². The summed E-state index contributed by atoms with van der Waals surface area (Å²) in [4.78, 5) is 37.3. The normalized spacial score (nSPS) is 35.5. The van der Waals surface area contributed by atoms with Crippen LogP contribution in [-0.2, 0) is 30.4 Å². The molecular weight excluding hydrogens is 338 g/mol. The number of carbonyl (C=O) groups excluding carboxylic acids is 3. The molecule has 4 fully saturated rings. The first-order chi connectivity index (χ1) is 12.5. The highest BCUT2D eigenvalue weighted by atomic mass is 16.6. The van der Waals surface area contributed by atoms with Crippen LogP contribution in [0.25, 0.3) is 0 Å². The summed E-state index contributed by atoms with van der Waals surface area (Å²) >= 11 is 0. The van der Waals surface area contributed by atoms with Crippen molar-refractivity contribution >= 4 is 18.0 Å². The van der Waals surface area contributed by atoms with E-state index in [1.807, 2.05) is 30.3 Å². The van der Waals surface area contributed by atoms with Gasteiger partial charge in [-0.25, -0.2) is 9.59 Å². The number of ether oxygens (including phenoxy) is 3. The molecule has 0 heterocycles. The molecule has 1 amide bonds. The smallest absolute Gasteiger partial charge is 0.408 e. The van der Waals surface area contributed by atoms with Gasteiger partial charge in [-0.2, -0.15) is 0 Å². The van der Waals surface area contributed by atoms with Crippen LogP contribution in [0.15, 0.2) is 30.3 Å². The average molecular weight is 359 g/mol. The average Bonchev–Trinajstić information content (AvgIpc) is 2.95. The zero-order chi connectivity index (χ0) is 18.5. The third kappa shape index (κ3) is 2.03. The van der Waals surface area contributed by atoms with Crippen molar-refractivity contribution in [3.63, 3.8) is 0 Å². The molecular formula is C19H21NO6. The molecule has 4 aliphatic rings. The van der Waals surface area contributed by atoms with Gasteiger partial charge in [-0.15, -0.1) is 0 Å². The molecule has 0 spiro atoms. The lowest BCUT2D eigenvalue weighted by Gasteiger charge is -2.31. The number of nitrogens with one attached hydrogen (secondary N) is 1. The summed E-state index contributed by atoms with van der Waals surface area (Å²) in [5.74, 6) is -1.21. The van der Waals surface area contributed by atoms with Crippen LogP contribution in [-0.4, -0.2) is 37.8 Å². The minimum Gasteiger partial charge on any atom is -0.469 e. The van der Waals surface area contributed by atoms with E-state index in [1.54, 1.807) is 0 Å². The van der Waals surface area contributed by atoms with Crippen molar-refractivity contribution in [3.05, 3.63) is 35.9 Å². The number of hydrogen-bond acceptors (Lipinski definition) is 6. The number of esters is 2. The van der Waals surface area contributed by atoms with Crippen molar-refractivity contribution in [1.29, 1.82) is 0 Å². The number of benzene rings is 1. The Balaban J connectivity index is 1.52. The lowest BCUT2D eigenvalue weighted by Crippen LogP contribution is -2.58. The first kappa shape index (κ1) is 16.9. The molecule has 4 aliphatic carbocycles. The van der Waals surface area contributed by atoms with E-state index in [1.165, 1.54) is 14.2 Å². The van der Waals surface area contributed by atoms with Crippen molar-refractivity contribution in [1.82, 2.24) is 5.32 Å². The summed E-state index contributed by atoms with van der Waals surface area (Å²) in [5, 5.41) is 2.76. The lowest BCUT2D eigenvalue weighted by atomic mass is 9.88. The first-order valence-electron chi connectivity index (χ1n) is 8.66. The standard InChI is InChI=1S/C19H21NO6/c1-24-15(21)18-9-12-8-13(18)14(18)19(12,16(22)25-2)20-17(23)26-10-11-6-4-3-5-7-11/h3-7,12-14H,8-10H2,1-2H3,(H,20,23)/t12-,13-,14-,18-,19-/m1/s1. The largest absolute Gasteiger partial charge is 0.469 e. The Hall–Kier alpha value is -2.57. The second-order valence-electron chi connectivity index (χ2n) is 7.30. The maximum atomic E-state index is 12.6. The van der Waals surface area contributed by atoms with Crippen LogP contribution >= 0.6 is 0 Å². The van der Waals surface area contributed by atoms with E-state index >= 15 is 0 Å². The van der Waals surface area contributed by atoms with E-state index < -0.39 is 23.0 Å². The van der Waals surface area contributed by atoms with Crippen LogP contribution in [0.2, 0.25) is 0 Å². The molecule has 0 radical (unpaired) electrons. The Morgan fingerprint density at radius 3 is 2.42 bits per heavy atom.